The molecule has 6 heteroatoms. The van der Waals surface area contributed by atoms with Crippen molar-refractivity contribution >= 4 is 22.8 Å². The Balaban J connectivity index is 1.99. The molecule has 0 aliphatic rings. The van der Waals surface area contributed by atoms with Crippen molar-refractivity contribution in [2.24, 2.45) is 0 Å². The first-order valence-electron chi connectivity index (χ1n) is 8.50. The van der Waals surface area contributed by atoms with E-state index in [0.717, 1.165) is 16.5 Å². The van der Waals surface area contributed by atoms with Crippen LogP contribution in [-0.4, -0.2) is 24.5 Å². The Morgan fingerprint density at radius 1 is 1.21 bits per heavy atom. The van der Waals surface area contributed by atoms with E-state index in [1.54, 1.807) is 24.4 Å². The molecule has 0 saturated heterocycles. The summed E-state index contributed by atoms with van der Waals surface area (Å²) in [5, 5.41) is 19.0. The minimum atomic E-state index is -0.355. The third-order valence-corrected chi connectivity index (χ3v) is 4.31. The molecule has 0 unspecified atom stereocenters. The summed E-state index contributed by atoms with van der Waals surface area (Å²) in [6.07, 6.45) is 3.14. The number of aromatic amines is 1. The van der Waals surface area contributed by atoms with Crippen LogP contribution in [0.15, 0.2) is 48.2 Å². The second kappa shape index (κ2) is 8.11. The lowest BCUT2D eigenvalue weighted by Crippen LogP contribution is -2.02. The molecular weight excluding hydrogens is 354 g/mol. The normalized spacial score (nSPS) is 10.9. The number of aryl methyl sites for hydroxylation is 1. The molecule has 0 fully saturated rings. The van der Waals surface area contributed by atoms with Crippen LogP contribution in [0.25, 0.3) is 17.0 Å². The summed E-state index contributed by atoms with van der Waals surface area (Å²) in [4.78, 5) is 16.0. The van der Waals surface area contributed by atoms with Crippen molar-refractivity contribution in [3.63, 3.8) is 0 Å². The largest absolute Gasteiger partial charge is 0.493 e. The van der Waals surface area contributed by atoms with Crippen molar-refractivity contribution in [3.05, 3.63) is 64.9 Å². The van der Waals surface area contributed by atoms with Crippen LogP contribution in [0.5, 0.6) is 11.5 Å². The standard InChI is InChI=1S/C22H17N3O3/c1-14-4-3-5-18-21(14)17(13-25-18)22(26)16(12-24)10-15-6-7-19(28-9-8-23)20(11-15)27-2/h3-7,10-11,13,25H,9H2,1-2H3/b16-10+. The van der Waals surface area contributed by atoms with Gasteiger partial charge in [0.15, 0.2) is 18.1 Å². The van der Waals surface area contributed by atoms with Crippen LogP contribution in [0.1, 0.15) is 21.5 Å². The first-order chi connectivity index (χ1) is 13.6. The molecule has 0 spiro atoms. The molecule has 1 heterocycles. The van der Waals surface area contributed by atoms with Gasteiger partial charge in [-0.3, -0.25) is 4.79 Å². The highest BCUT2D eigenvalue weighted by Gasteiger charge is 2.18. The predicted molar refractivity (Wildman–Crippen MR) is 105 cm³/mol. The Morgan fingerprint density at radius 3 is 2.75 bits per heavy atom. The van der Waals surface area contributed by atoms with Crippen molar-refractivity contribution in [2.75, 3.05) is 13.7 Å². The van der Waals surface area contributed by atoms with Crippen LogP contribution in [-0.2, 0) is 0 Å². The first-order valence-corrected chi connectivity index (χ1v) is 8.50. The number of hydrogen-bond donors (Lipinski definition) is 1. The molecule has 0 aliphatic heterocycles. The van der Waals surface area contributed by atoms with Gasteiger partial charge in [0, 0.05) is 22.7 Å². The topological polar surface area (TPSA) is 98.9 Å². The van der Waals surface area contributed by atoms with Gasteiger partial charge in [0.1, 0.15) is 17.7 Å². The molecule has 28 heavy (non-hydrogen) atoms. The zero-order chi connectivity index (χ0) is 20.1. The monoisotopic (exact) mass is 371 g/mol. The number of nitriles is 2. The third-order valence-electron chi connectivity index (χ3n) is 4.31. The van der Waals surface area contributed by atoms with E-state index >= 15 is 0 Å². The fourth-order valence-electron chi connectivity index (χ4n) is 3.01. The van der Waals surface area contributed by atoms with Gasteiger partial charge >= 0.3 is 0 Å². The summed E-state index contributed by atoms with van der Waals surface area (Å²) in [5.41, 5.74) is 2.89. The van der Waals surface area contributed by atoms with Gasteiger partial charge in [-0.05, 0) is 42.3 Å². The van der Waals surface area contributed by atoms with Crippen molar-refractivity contribution in [3.8, 4) is 23.6 Å². The summed E-state index contributed by atoms with van der Waals surface area (Å²) in [6, 6.07) is 14.6. The van der Waals surface area contributed by atoms with Crippen molar-refractivity contribution in [1.29, 1.82) is 10.5 Å². The Hall–Kier alpha value is -4.03. The van der Waals surface area contributed by atoms with Crippen LogP contribution in [0.2, 0.25) is 0 Å². The van der Waals surface area contributed by atoms with Gasteiger partial charge in [-0.25, -0.2) is 0 Å². The zero-order valence-corrected chi connectivity index (χ0v) is 15.4. The summed E-state index contributed by atoms with van der Waals surface area (Å²) in [5.74, 6) is 0.474. The average molecular weight is 371 g/mol. The van der Waals surface area contributed by atoms with Crippen LogP contribution >= 0.6 is 0 Å². The van der Waals surface area contributed by atoms with Crippen LogP contribution in [0, 0.1) is 29.6 Å². The highest BCUT2D eigenvalue weighted by Crippen LogP contribution is 2.30. The number of methoxy groups -OCH3 is 1. The van der Waals surface area contributed by atoms with Crippen molar-refractivity contribution in [2.45, 2.75) is 6.92 Å². The van der Waals surface area contributed by atoms with Gasteiger partial charge in [-0.2, -0.15) is 10.5 Å². The molecule has 6 nitrogen and oxygen atoms in total. The third kappa shape index (κ3) is 3.58. The smallest absolute Gasteiger partial charge is 0.205 e. The van der Waals surface area contributed by atoms with Crippen LogP contribution in [0.4, 0.5) is 0 Å². The van der Waals surface area contributed by atoms with E-state index in [-0.39, 0.29) is 18.0 Å². The lowest BCUT2D eigenvalue weighted by atomic mass is 9.99. The molecule has 1 N–H and O–H groups in total. The van der Waals surface area contributed by atoms with E-state index in [1.165, 1.54) is 13.2 Å². The summed E-state index contributed by atoms with van der Waals surface area (Å²) >= 11 is 0. The maximum atomic E-state index is 13.0. The maximum Gasteiger partial charge on any atom is 0.205 e. The summed E-state index contributed by atoms with van der Waals surface area (Å²) < 4.78 is 10.6. The minimum absolute atomic E-state index is 0.0110. The van der Waals surface area contributed by atoms with Gasteiger partial charge in [0.25, 0.3) is 0 Å². The van der Waals surface area contributed by atoms with Gasteiger partial charge < -0.3 is 14.5 Å². The van der Waals surface area contributed by atoms with Gasteiger partial charge in [-0.1, -0.05) is 18.2 Å². The number of ether oxygens (including phenoxy) is 2. The molecule has 0 radical (unpaired) electrons. The molecule has 1 aromatic heterocycles. The van der Waals surface area contributed by atoms with Crippen molar-refractivity contribution < 1.29 is 14.3 Å². The van der Waals surface area contributed by atoms with Gasteiger partial charge in [0.2, 0.25) is 5.78 Å². The number of nitrogens with zero attached hydrogens (tertiary/aromatic N) is 2. The van der Waals surface area contributed by atoms with E-state index in [2.05, 4.69) is 4.98 Å². The Labute approximate surface area is 162 Å². The Kier molecular flexibility index (Phi) is 5.43. The lowest BCUT2D eigenvalue weighted by molar-refractivity contribution is 0.104. The molecular formula is C22H17N3O3. The molecule has 2 aromatic carbocycles. The number of fused-ring (bicyclic) bond motifs is 1. The number of aromatic nitrogens is 1. The van der Waals surface area contributed by atoms with Crippen LogP contribution in [0.3, 0.4) is 0 Å². The maximum absolute atomic E-state index is 13.0. The zero-order valence-electron chi connectivity index (χ0n) is 15.4. The number of carbonyl (C=O) groups excluding carboxylic acids is 1. The SMILES string of the molecule is COc1cc(/C=C(\C#N)C(=O)c2c[nH]c3cccc(C)c23)ccc1OCC#N. The quantitative estimate of drug-likeness (QED) is 0.398. The highest BCUT2D eigenvalue weighted by atomic mass is 16.5. The predicted octanol–water partition coefficient (Wildman–Crippen LogP) is 4.18. The molecule has 0 aliphatic carbocycles. The number of benzene rings is 2. The van der Waals surface area contributed by atoms with Gasteiger partial charge in [-0.15, -0.1) is 0 Å². The number of carbonyl (C=O) groups is 1. The van der Waals surface area contributed by atoms with E-state index < -0.39 is 0 Å². The number of Topliss-reactive ketones (excluding diaryl/α,β-unsaturated/α-hetero) is 1. The second-order valence-corrected chi connectivity index (χ2v) is 6.06. The summed E-state index contributed by atoms with van der Waals surface area (Å²) in [6.45, 7) is 1.82. The molecule has 0 atom stereocenters. The van der Waals surface area contributed by atoms with Gasteiger partial charge in [0.05, 0.1) is 7.11 Å². The van der Waals surface area contributed by atoms with Crippen molar-refractivity contribution in [1.82, 2.24) is 4.98 Å². The van der Waals surface area contributed by atoms with Crippen LogP contribution < -0.4 is 9.47 Å². The number of H-pyrrole nitrogens is 1. The molecule has 0 saturated carbocycles. The summed E-state index contributed by atoms with van der Waals surface area (Å²) in [7, 11) is 1.48. The number of hydrogen-bond acceptors (Lipinski definition) is 5. The van der Waals surface area contributed by atoms with E-state index in [4.69, 9.17) is 14.7 Å². The lowest BCUT2D eigenvalue weighted by Gasteiger charge is -2.09. The fraction of sp³-hybridized carbons (Fsp3) is 0.136. The molecule has 3 aromatic rings. The fourth-order valence-corrected chi connectivity index (χ4v) is 3.01. The second-order valence-electron chi connectivity index (χ2n) is 6.06. The minimum Gasteiger partial charge on any atom is -0.493 e. The average Bonchev–Trinajstić information content (AvgIpc) is 3.15. The number of nitrogens with one attached hydrogen (secondary N) is 1. The Bertz CT molecular complexity index is 1160. The number of ketones is 1. The van der Waals surface area contributed by atoms with E-state index in [9.17, 15) is 10.1 Å². The molecule has 3 rings (SSSR count). The molecule has 0 bridgehead atoms. The highest BCUT2D eigenvalue weighted by molar-refractivity contribution is 6.20. The molecule has 0 amide bonds. The molecule has 138 valence electrons. The number of allylic oxidation sites excluding steroid dienone is 1. The van der Waals surface area contributed by atoms with E-state index in [1.807, 2.05) is 37.3 Å². The number of rotatable bonds is 6. The van der Waals surface area contributed by atoms with E-state index in [0.29, 0.717) is 22.6 Å². The first kappa shape index (κ1) is 18.8. The Morgan fingerprint density at radius 2 is 2.04 bits per heavy atom.